The Morgan fingerprint density at radius 1 is 1.59 bits per heavy atom. The van der Waals surface area contributed by atoms with Crippen molar-refractivity contribution in [2.75, 3.05) is 6.61 Å². The highest BCUT2D eigenvalue weighted by molar-refractivity contribution is 9.10. The van der Waals surface area contributed by atoms with Gasteiger partial charge in [0.05, 0.1) is 12.3 Å². The highest BCUT2D eigenvalue weighted by Crippen LogP contribution is 2.21. The summed E-state index contributed by atoms with van der Waals surface area (Å²) in [5, 5.41) is 4.55. The number of hydrazone groups is 1. The number of hydrogen-bond acceptors (Lipinski definition) is 3. The third-order valence-electron chi connectivity index (χ3n) is 1.91. The molecule has 0 atom stereocenters. The van der Waals surface area contributed by atoms with E-state index in [1.807, 2.05) is 6.07 Å². The van der Waals surface area contributed by atoms with Crippen molar-refractivity contribution >= 4 is 39.3 Å². The fourth-order valence-corrected chi connectivity index (χ4v) is 2.11. The van der Waals surface area contributed by atoms with Gasteiger partial charge in [-0.2, -0.15) is 5.10 Å². The van der Waals surface area contributed by atoms with Crippen LogP contribution in [0.1, 0.15) is 19.4 Å². The van der Waals surface area contributed by atoms with Crippen LogP contribution < -0.4 is 5.43 Å². The van der Waals surface area contributed by atoms with E-state index in [2.05, 4.69) is 31.2 Å². The van der Waals surface area contributed by atoms with Gasteiger partial charge in [-0.25, -0.2) is 10.2 Å². The number of amides is 1. The van der Waals surface area contributed by atoms with Crippen LogP contribution in [0.2, 0.25) is 5.02 Å². The molecule has 1 aromatic carbocycles. The second-order valence-corrected chi connectivity index (χ2v) is 4.44. The summed E-state index contributed by atoms with van der Waals surface area (Å²) in [6.45, 7) is 3.82. The third-order valence-corrected chi connectivity index (χ3v) is 2.80. The zero-order valence-electron chi connectivity index (χ0n) is 9.46. The number of halogens is 2. The van der Waals surface area contributed by atoms with Crippen LogP contribution in [0, 0.1) is 0 Å². The molecule has 1 N–H and O–H groups in total. The highest BCUT2D eigenvalue weighted by atomic mass is 79.9. The SMILES string of the molecule is CCOC(=O)NN=C(C)c1ccc(Cl)cc1Br. The van der Waals surface area contributed by atoms with Gasteiger partial charge >= 0.3 is 6.09 Å². The summed E-state index contributed by atoms with van der Waals surface area (Å²) in [7, 11) is 0. The lowest BCUT2D eigenvalue weighted by atomic mass is 10.1. The van der Waals surface area contributed by atoms with E-state index in [-0.39, 0.29) is 0 Å². The second kappa shape index (κ2) is 6.61. The van der Waals surface area contributed by atoms with Gasteiger partial charge < -0.3 is 4.74 Å². The maximum Gasteiger partial charge on any atom is 0.427 e. The molecule has 17 heavy (non-hydrogen) atoms. The van der Waals surface area contributed by atoms with E-state index in [1.54, 1.807) is 26.0 Å². The zero-order valence-corrected chi connectivity index (χ0v) is 11.8. The van der Waals surface area contributed by atoms with Gasteiger partial charge in [0, 0.05) is 15.1 Å². The average molecular weight is 320 g/mol. The first-order chi connectivity index (χ1) is 8.04. The molecule has 4 nitrogen and oxygen atoms in total. The minimum Gasteiger partial charge on any atom is -0.449 e. The monoisotopic (exact) mass is 318 g/mol. The lowest BCUT2D eigenvalue weighted by molar-refractivity contribution is 0.152. The molecule has 0 bridgehead atoms. The van der Waals surface area contributed by atoms with E-state index < -0.39 is 6.09 Å². The number of benzene rings is 1. The van der Waals surface area contributed by atoms with Gasteiger partial charge in [-0.15, -0.1) is 0 Å². The van der Waals surface area contributed by atoms with Crippen molar-refractivity contribution in [3.63, 3.8) is 0 Å². The quantitative estimate of drug-likeness (QED) is 0.684. The molecular formula is C11H12BrClN2O2. The Hall–Kier alpha value is -1.07. The smallest absolute Gasteiger partial charge is 0.427 e. The maximum atomic E-state index is 11.0. The standard InChI is InChI=1S/C11H12BrClN2O2/c1-3-17-11(16)15-14-7(2)9-5-4-8(13)6-10(9)12/h4-6H,3H2,1-2H3,(H,15,16). The normalized spacial score (nSPS) is 11.2. The molecule has 0 radical (unpaired) electrons. The molecule has 1 amide bonds. The maximum absolute atomic E-state index is 11.0. The molecule has 0 aromatic heterocycles. The summed E-state index contributed by atoms with van der Waals surface area (Å²) < 4.78 is 5.50. The molecular weight excluding hydrogens is 307 g/mol. The van der Waals surface area contributed by atoms with Crippen molar-refractivity contribution in [1.29, 1.82) is 0 Å². The van der Waals surface area contributed by atoms with Crippen LogP contribution >= 0.6 is 27.5 Å². The molecule has 0 aliphatic heterocycles. The van der Waals surface area contributed by atoms with Gasteiger partial charge in [0.25, 0.3) is 0 Å². The van der Waals surface area contributed by atoms with Crippen molar-refractivity contribution in [2.45, 2.75) is 13.8 Å². The van der Waals surface area contributed by atoms with Gasteiger partial charge in [-0.1, -0.05) is 33.6 Å². The molecule has 6 heteroatoms. The van der Waals surface area contributed by atoms with E-state index >= 15 is 0 Å². The number of carbonyl (C=O) groups excluding carboxylic acids is 1. The summed E-state index contributed by atoms with van der Waals surface area (Å²) in [5.41, 5.74) is 3.80. The van der Waals surface area contributed by atoms with Crippen LogP contribution in [0.25, 0.3) is 0 Å². The van der Waals surface area contributed by atoms with Crippen molar-refractivity contribution in [1.82, 2.24) is 5.43 Å². The Labute approximate surface area is 113 Å². The largest absolute Gasteiger partial charge is 0.449 e. The molecule has 0 saturated heterocycles. The number of nitrogens with zero attached hydrogens (tertiary/aromatic N) is 1. The van der Waals surface area contributed by atoms with Crippen molar-refractivity contribution in [3.05, 3.63) is 33.3 Å². The Bertz CT molecular complexity index is 449. The van der Waals surface area contributed by atoms with Crippen LogP contribution in [-0.4, -0.2) is 18.4 Å². The Kier molecular flexibility index (Phi) is 5.44. The fraction of sp³-hybridized carbons (Fsp3) is 0.273. The first-order valence-electron chi connectivity index (χ1n) is 4.97. The third kappa shape index (κ3) is 4.36. The second-order valence-electron chi connectivity index (χ2n) is 3.15. The summed E-state index contributed by atoms with van der Waals surface area (Å²) in [6, 6.07) is 5.34. The topological polar surface area (TPSA) is 50.7 Å². The lowest BCUT2D eigenvalue weighted by Crippen LogP contribution is -2.20. The van der Waals surface area contributed by atoms with Gasteiger partial charge in [-0.3, -0.25) is 0 Å². The molecule has 0 aliphatic rings. The van der Waals surface area contributed by atoms with Gasteiger partial charge in [0.1, 0.15) is 0 Å². The number of rotatable bonds is 3. The van der Waals surface area contributed by atoms with Crippen LogP contribution in [-0.2, 0) is 4.74 Å². The first-order valence-corrected chi connectivity index (χ1v) is 6.14. The van der Waals surface area contributed by atoms with Gasteiger partial charge in [0.15, 0.2) is 0 Å². The average Bonchev–Trinajstić information content (AvgIpc) is 2.26. The van der Waals surface area contributed by atoms with Gasteiger partial charge in [-0.05, 0) is 26.0 Å². The summed E-state index contributed by atoms with van der Waals surface area (Å²) in [4.78, 5) is 11.0. The summed E-state index contributed by atoms with van der Waals surface area (Å²) in [6.07, 6.45) is -0.572. The molecule has 0 fully saturated rings. The molecule has 1 aromatic rings. The van der Waals surface area contributed by atoms with E-state index in [0.717, 1.165) is 10.0 Å². The van der Waals surface area contributed by atoms with E-state index in [1.165, 1.54) is 0 Å². The highest BCUT2D eigenvalue weighted by Gasteiger charge is 2.05. The van der Waals surface area contributed by atoms with Crippen molar-refractivity contribution in [2.24, 2.45) is 5.10 Å². The number of ether oxygens (including phenoxy) is 1. The molecule has 0 unspecified atom stereocenters. The predicted molar refractivity (Wildman–Crippen MR) is 71.5 cm³/mol. The Morgan fingerprint density at radius 3 is 2.88 bits per heavy atom. The summed E-state index contributed by atoms with van der Waals surface area (Å²) >= 11 is 9.21. The van der Waals surface area contributed by atoms with E-state index in [9.17, 15) is 4.79 Å². The van der Waals surface area contributed by atoms with E-state index in [0.29, 0.717) is 17.3 Å². The molecule has 0 aliphatic carbocycles. The molecule has 0 spiro atoms. The van der Waals surface area contributed by atoms with E-state index in [4.69, 9.17) is 11.6 Å². The fourth-order valence-electron chi connectivity index (χ4n) is 1.14. The van der Waals surface area contributed by atoms with Crippen molar-refractivity contribution in [3.8, 4) is 0 Å². The van der Waals surface area contributed by atoms with Crippen LogP contribution in [0.15, 0.2) is 27.8 Å². The molecule has 1 rings (SSSR count). The number of carbonyl (C=O) groups is 1. The Morgan fingerprint density at radius 2 is 2.29 bits per heavy atom. The van der Waals surface area contributed by atoms with Gasteiger partial charge in [0.2, 0.25) is 0 Å². The zero-order chi connectivity index (χ0) is 12.8. The Balaban J connectivity index is 2.78. The minimum absolute atomic E-state index is 0.311. The summed E-state index contributed by atoms with van der Waals surface area (Å²) in [5.74, 6) is 0. The molecule has 0 saturated carbocycles. The van der Waals surface area contributed by atoms with Crippen molar-refractivity contribution < 1.29 is 9.53 Å². The molecule has 0 heterocycles. The number of nitrogens with one attached hydrogen (secondary N) is 1. The van der Waals surface area contributed by atoms with Crippen LogP contribution in [0.4, 0.5) is 4.79 Å². The molecule has 92 valence electrons. The number of hydrogen-bond donors (Lipinski definition) is 1. The van der Waals surface area contributed by atoms with Crippen LogP contribution in [0.5, 0.6) is 0 Å². The first kappa shape index (κ1) is 14.0. The predicted octanol–water partition coefficient (Wildman–Crippen LogP) is 3.57. The minimum atomic E-state index is -0.572. The lowest BCUT2D eigenvalue weighted by Gasteiger charge is -2.05. The van der Waals surface area contributed by atoms with Crippen LogP contribution in [0.3, 0.4) is 0 Å².